The topological polar surface area (TPSA) is 82.8 Å². The van der Waals surface area contributed by atoms with E-state index in [0.29, 0.717) is 24.6 Å². The van der Waals surface area contributed by atoms with Crippen LogP contribution in [0.3, 0.4) is 0 Å². The van der Waals surface area contributed by atoms with Gasteiger partial charge in [0.1, 0.15) is 5.82 Å². The number of aromatic nitrogens is 3. The molecule has 0 unspecified atom stereocenters. The SMILES string of the molecule is O=C(Nc1ccnc2ccnn12)N1C[C@@H](CO)[C@H](c2ccsc2)C1. The molecule has 0 spiro atoms. The molecule has 8 heteroatoms. The van der Waals surface area contributed by atoms with Gasteiger partial charge in [-0.3, -0.25) is 5.32 Å². The smallest absolute Gasteiger partial charge is 0.323 e. The van der Waals surface area contributed by atoms with Crippen molar-refractivity contribution in [3.05, 3.63) is 46.9 Å². The second-order valence-corrected chi connectivity index (χ2v) is 6.65. The van der Waals surface area contributed by atoms with Crippen LogP contribution in [0, 0.1) is 5.92 Å². The summed E-state index contributed by atoms with van der Waals surface area (Å²) in [6, 6.07) is 5.37. The lowest BCUT2D eigenvalue weighted by Crippen LogP contribution is -2.34. The fraction of sp³-hybridized carbons (Fsp3) is 0.312. The third-order valence-electron chi connectivity index (χ3n) is 4.46. The zero-order valence-corrected chi connectivity index (χ0v) is 13.7. The molecule has 0 aliphatic carbocycles. The molecule has 1 saturated heterocycles. The number of hydrogen-bond acceptors (Lipinski definition) is 5. The number of urea groups is 1. The van der Waals surface area contributed by atoms with Crippen LogP contribution in [-0.2, 0) is 0 Å². The summed E-state index contributed by atoms with van der Waals surface area (Å²) in [4.78, 5) is 18.6. The summed E-state index contributed by atoms with van der Waals surface area (Å²) < 4.78 is 1.59. The molecule has 0 bridgehead atoms. The number of amides is 2. The Balaban J connectivity index is 1.52. The average molecular weight is 343 g/mol. The molecule has 0 aromatic carbocycles. The van der Waals surface area contributed by atoms with Crippen LogP contribution in [0.15, 0.2) is 41.4 Å². The van der Waals surface area contributed by atoms with E-state index in [0.717, 1.165) is 0 Å². The van der Waals surface area contributed by atoms with Crippen LogP contribution in [0.4, 0.5) is 10.6 Å². The Kier molecular flexibility index (Phi) is 3.91. The van der Waals surface area contributed by atoms with Crippen LogP contribution in [0.5, 0.6) is 0 Å². The molecule has 1 aliphatic rings. The van der Waals surface area contributed by atoms with Crippen LogP contribution < -0.4 is 5.32 Å². The van der Waals surface area contributed by atoms with Crippen molar-refractivity contribution >= 4 is 28.8 Å². The second-order valence-electron chi connectivity index (χ2n) is 5.87. The molecule has 1 fully saturated rings. The average Bonchev–Trinajstić information content (AvgIpc) is 3.33. The summed E-state index contributed by atoms with van der Waals surface area (Å²) >= 11 is 1.63. The second kappa shape index (κ2) is 6.21. The highest BCUT2D eigenvalue weighted by atomic mass is 32.1. The van der Waals surface area contributed by atoms with Crippen molar-refractivity contribution in [2.24, 2.45) is 5.92 Å². The van der Waals surface area contributed by atoms with E-state index < -0.39 is 0 Å². The molecule has 0 saturated carbocycles. The summed E-state index contributed by atoms with van der Waals surface area (Å²) in [5.41, 5.74) is 1.87. The van der Waals surface area contributed by atoms with Gasteiger partial charge in [-0.25, -0.2) is 9.78 Å². The van der Waals surface area contributed by atoms with Gasteiger partial charge in [-0.05, 0) is 28.5 Å². The van der Waals surface area contributed by atoms with E-state index in [-0.39, 0.29) is 24.5 Å². The first-order valence-corrected chi connectivity index (χ1v) is 8.68. The van der Waals surface area contributed by atoms with E-state index in [2.05, 4.69) is 26.8 Å². The number of aliphatic hydroxyl groups is 1. The number of rotatable bonds is 3. The minimum absolute atomic E-state index is 0.0625. The van der Waals surface area contributed by atoms with Crippen molar-refractivity contribution < 1.29 is 9.90 Å². The summed E-state index contributed by atoms with van der Waals surface area (Å²) in [5.74, 6) is 0.816. The number of carbonyl (C=O) groups excluding carboxylic acids is 1. The maximum Gasteiger partial charge on any atom is 0.323 e. The van der Waals surface area contributed by atoms with Gasteiger partial charge in [-0.15, -0.1) is 0 Å². The van der Waals surface area contributed by atoms with E-state index in [9.17, 15) is 9.90 Å². The van der Waals surface area contributed by atoms with Gasteiger partial charge in [0.2, 0.25) is 0 Å². The highest BCUT2D eigenvalue weighted by Crippen LogP contribution is 2.33. The maximum absolute atomic E-state index is 12.6. The number of aliphatic hydroxyl groups excluding tert-OH is 1. The van der Waals surface area contributed by atoms with Gasteiger partial charge in [0.05, 0.1) is 6.20 Å². The molecule has 24 heavy (non-hydrogen) atoms. The molecule has 2 N–H and O–H groups in total. The van der Waals surface area contributed by atoms with Gasteiger partial charge < -0.3 is 10.0 Å². The molecule has 7 nitrogen and oxygen atoms in total. The number of nitrogens with one attached hydrogen (secondary N) is 1. The molecule has 1 aliphatic heterocycles. The van der Waals surface area contributed by atoms with Crippen LogP contribution in [-0.4, -0.2) is 50.3 Å². The molecule has 3 aromatic heterocycles. The maximum atomic E-state index is 12.6. The number of thiophene rings is 1. The standard InChI is InChI=1S/C16H17N5O2S/c22-9-12-7-20(8-13(12)11-3-6-24-10-11)16(23)19-15-1-4-17-14-2-5-18-21(14)15/h1-6,10,12-13,22H,7-9H2,(H,19,23)/t12-,13-/m0/s1. The van der Waals surface area contributed by atoms with E-state index in [1.165, 1.54) is 5.56 Å². The molecule has 4 rings (SSSR count). The Bertz CT molecular complexity index is 847. The molecule has 4 heterocycles. The van der Waals surface area contributed by atoms with Crippen LogP contribution in [0.2, 0.25) is 0 Å². The van der Waals surface area contributed by atoms with Gasteiger partial charge in [0.25, 0.3) is 0 Å². The van der Waals surface area contributed by atoms with E-state index in [1.54, 1.807) is 45.3 Å². The van der Waals surface area contributed by atoms with E-state index in [1.807, 2.05) is 5.38 Å². The number of nitrogens with zero attached hydrogens (tertiary/aromatic N) is 4. The zero-order chi connectivity index (χ0) is 16.5. The largest absolute Gasteiger partial charge is 0.396 e. The molecule has 3 aromatic rings. The predicted molar refractivity (Wildman–Crippen MR) is 91.2 cm³/mol. The Morgan fingerprint density at radius 2 is 2.25 bits per heavy atom. The molecule has 2 amide bonds. The zero-order valence-electron chi connectivity index (χ0n) is 12.9. The highest BCUT2D eigenvalue weighted by molar-refractivity contribution is 7.08. The number of carbonyl (C=O) groups is 1. The monoisotopic (exact) mass is 343 g/mol. The number of likely N-dealkylation sites (tertiary alicyclic amines) is 1. The van der Waals surface area contributed by atoms with Crippen molar-refractivity contribution in [2.75, 3.05) is 25.0 Å². The first-order valence-electron chi connectivity index (χ1n) is 7.74. The third kappa shape index (κ3) is 2.63. The van der Waals surface area contributed by atoms with Gasteiger partial charge in [-0.2, -0.15) is 21.0 Å². The lowest BCUT2D eigenvalue weighted by molar-refractivity contribution is 0.206. The number of fused-ring (bicyclic) bond motifs is 1. The summed E-state index contributed by atoms with van der Waals surface area (Å²) in [7, 11) is 0. The molecule has 0 radical (unpaired) electrons. The lowest BCUT2D eigenvalue weighted by atomic mass is 9.92. The van der Waals surface area contributed by atoms with Crippen LogP contribution in [0.25, 0.3) is 5.65 Å². The fourth-order valence-electron chi connectivity index (χ4n) is 3.20. The number of anilines is 1. The summed E-state index contributed by atoms with van der Waals surface area (Å²) in [6.45, 7) is 1.21. The molecule has 2 atom stereocenters. The minimum Gasteiger partial charge on any atom is -0.396 e. The van der Waals surface area contributed by atoms with Crippen molar-refractivity contribution in [3.8, 4) is 0 Å². The Morgan fingerprint density at radius 1 is 1.33 bits per heavy atom. The first-order chi connectivity index (χ1) is 11.8. The van der Waals surface area contributed by atoms with Crippen LogP contribution in [0.1, 0.15) is 11.5 Å². The predicted octanol–water partition coefficient (Wildman–Crippen LogP) is 2.03. The first kappa shape index (κ1) is 15.1. The quantitative estimate of drug-likeness (QED) is 0.762. The van der Waals surface area contributed by atoms with Gasteiger partial charge in [-0.1, -0.05) is 0 Å². The van der Waals surface area contributed by atoms with Crippen molar-refractivity contribution in [2.45, 2.75) is 5.92 Å². The molecular formula is C16H17N5O2S. The Hall–Kier alpha value is -2.45. The Labute approximate surface area is 142 Å². The third-order valence-corrected chi connectivity index (χ3v) is 5.16. The van der Waals surface area contributed by atoms with Gasteiger partial charge >= 0.3 is 6.03 Å². The normalized spacial score (nSPS) is 20.6. The number of hydrogen-bond donors (Lipinski definition) is 2. The fourth-order valence-corrected chi connectivity index (χ4v) is 3.93. The van der Waals surface area contributed by atoms with Crippen molar-refractivity contribution in [1.29, 1.82) is 0 Å². The highest BCUT2D eigenvalue weighted by Gasteiger charge is 2.36. The summed E-state index contributed by atoms with van der Waals surface area (Å²) in [5, 5.41) is 20.8. The van der Waals surface area contributed by atoms with Crippen LogP contribution >= 0.6 is 11.3 Å². The molecule has 124 valence electrons. The van der Waals surface area contributed by atoms with E-state index >= 15 is 0 Å². The van der Waals surface area contributed by atoms with Crippen molar-refractivity contribution in [1.82, 2.24) is 19.5 Å². The minimum atomic E-state index is -0.186. The molecular weight excluding hydrogens is 326 g/mol. The Morgan fingerprint density at radius 3 is 3.04 bits per heavy atom. The van der Waals surface area contributed by atoms with Gasteiger partial charge in [0.15, 0.2) is 5.65 Å². The van der Waals surface area contributed by atoms with Crippen molar-refractivity contribution in [3.63, 3.8) is 0 Å². The lowest BCUT2D eigenvalue weighted by Gasteiger charge is -2.17. The van der Waals surface area contributed by atoms with E-state index in [4.69, 9.17) is 0 Å². The summed E-state index contributed by atoms with van der Waals surface area (Å²) in [6.07, 6.45) is 3.28. The van der Waals surface area contributed by atoms with Gasteiger partial charge in [0, 0.05) is 43.8 Å².